The van der Waals surface area contributed by atoms with Crippen LogP contribution in [-0.4, -0.2) is 18.5 Å². The predicted octanol–water partition coefficient (Wildman–Crippen LogP) is 1.67. The Bertz CT molecular complexity index is 250. The maximum absolute atomic E-state index is 11.8. The predicted molar refractivity (Wildman–Crippen MR) is 64.8 cm³/mol. The number of nitrogens with one attached hydrogen (secondary N) is 1. The molecule has 3 heteroatoms. The molecule has 1 amide bonds. The minimum Gasteiger partial charge on any atom is -0.352 e. The second-order valence-corrected chi connectivity index (χ2v) is 5.74. The molecular weight excluding hydrogens is 200 g/mol. The van der Waals surface area contributed by atoms with Gasteiger partial charge in [0.2, 0.25) is 5.91 Å². The molecule has 0 radical (unpaired) electrons. The van der Waals surface area contributed by atoms with Crippen molar-refractivity contribution >= 4 is 5.91 Å². The fraction of sp³-hybridized carbons (Fsp3) is 0.923. The van der Waals surface area contributed by atoms with E-state index in [-0.39, 0.29) is 11.9 Å². The Morgan fingerprint density at radius 1 is 1.38 bits per heavy atom. The Morgan fingerprint density at radius 2 is 2.12 bits per heavy atom. The molecule has 3 atom stereocenters. The Hall–Kier alpha value is -0.570. The zero-order chi connectivity index (χ0) is 11.5. The number of carbonyl (C=O) groups is 1. The molecule has 92 valence electrons. The minimum absolute atomic E-state index is 0.224. The van der Waals surface area contributed by atoms with E-state index in [4.69, 9.17) is 5.73 Å². The van der Waals surface area contributed by atoms with Gasteiger partial charge in [0.1, 0.15) is 0 Å². The van der Waals surface area contributed by atoms with Gasteiger partial charge in [-0.25, -0.2) is 0 Å². The van der Waals surface area contributed by atoms with Crippen LogP contribution in [0.5, 0.6) is 0 Å². The normalized spacial score (nSPS) is 31.4. The average molecular weight is 224 g/mol. The third-order valence-corrected chi connectivity index (χ3v) is 4.07. The first-order valence-corrected chi connectivity index (χ1v) is 6.68. The van der Waals surface area contributed by atoms with E-state index in [1.807, 2.05) is 0 Å². The zero-order valence-electron chi connectivity index (χ0n) is 10.2. The summed E-state index contributed by atoms with van der Waals surface area (Å²) in [5.74, 6) is 2.32. The summed E-state index contributed by atoms with van der Waals surface area (Å²) < 4.78 is 0. The number of carbonyl (C=O) groups excluding carboxylic acids is 1. The van der Waals surface area contributed by atoms with Crippen molar-refractivity contribution in [1.82, 2.24) is 5.32 Å². The lowest BCUT2D eigenvalue weighted by molar-refractivity contribution is -0.122. The third kappa shape index (κ3) is 3.21. The molecule has 0 aliphatic heterocycles. The molecule has 3 N–H and O–H groups in total. The van der Waals surface area contributed by atoms with Crippen LogP contribution in [-0.2, 0) is 4.79 Å². The maximum atomic E-state index is 11.8. The number of nitrogens with two attached hydrogens (primary N) is 1. The summed E-state index contributed by atoms with van der Waals surface area (Å²) in [6, 6.07) is 0.242. The van der Waals surface area contributed by atoms with Gasteiger partial charge >= 0.3 is 0 Å². The van der Waals surface area contributed by atoms with Gasteiger partial charge in [-0.15, -0.1) is 0 Å². The van der Waals surface area contributed by atoms with Gasteiger partial charge in [0.25, 0.3) is 0 Å². The molecule has 0 aromatic carbocycles. The largest absolute Gasteiger partial charge is 0.352 e. The molecule has 3 nitrogen and oxygen atoms in total. The SMILES string of the molecule is CC1CCC(CC(=O)NC(CN)C2CC2)C1. The van der Waals surface area contributed by atoms with E-state index in [9.17, 15) is 4.79 Å². The van der Waals surface area contributed by atoms with Crippen LogP contribution in [0, 0.1) is 17.8 Å². The quantitative estimate of drug-likeness (QED) is 0.746. The lowest BCUT2D eigenvalue weighted by atomic mass is 10.0. The van der Waals surface area contributed by atoms with Crippen molar-refractivity contribution < 1.29 is 4.79 Å². The van der Waals surface area contributed by atoms with E-state index < -0.39 is 0 Å². The van der Waals surface area contributed by atoms with Crippen LogP contribution in [0.25, 0.3) is 0 Å². The highest BCUT2D eigenvalue weighted by atomic mass is 16.1. The molecule has 2 saturated carbocycles. The molecular formula is C13H24N2O. The average Bonchev–Trinajstić information content (AvgIpc) is 3.00. The molecule has 3 unspecified atom stereocenters. The van der Waals surface area contributed by atoms with Gasteiger partial charge in [-0.1, -0.05) is 13.3 Å². The Morgan fingerprint density at radius 3 is 2.62 bits per heavy atom. The molecule has 2 aliphatic rings. The lowest BCUT2D eigenvalue weighted by Crippen LogP contribution is -2.42. The zero-order valence-corrected chi connectivity index (χ0v) is 10.2. The summed E-state index contributed by atoms with van der Waals surface area (Å²) in [6.45, 7) is 2.88. The van der Waals surface area contributed by atoms with Crippen LogP contribution >= 0.6 is 0 Å². The summed E-state index contributed by atoms with van der Waals surface area (Å²) in [6.07, 6.45) is 6.94. The summed E-state index contributed by atoms with van der Waals surface area (Å²) in [5.41, 5.74) is 5.68. The van der Waals surface area contributed by atoms with Crippen molar-refractivity contribution in [2.45, 2.75) is 51.5 Å². The first-order chi connectivity index (χ1) is 7.69. The fourth-order valence-electron chi connectivity index (χ4n) is 2.91. The smallest absolute Gasteiger partial charge is 0.220 e. The highest BCUT2D eigenvalue weighted by molar-refractivity contribution is 5.76. The number of amides is 1. The van der Waals surface area contributed by atoms with Gasteiger partial charge in [-0.05, 0) is 43.4 Å². The van der Waals surface area contributed by atoms with Crippen LogP contribution in [0.15, 0.2) is 0 Å². The monoisotopic (exact) mass is 224 g/mol. The second-order valence-electron chi connectivity index (χ2n) is 5.74. The highest BCUT2D eigenvalue weighted by Gasteiger charge is 2.32. The van der Waals surface area contributed by atoms with Crippen LogP contribution in [0.2, 0.25) is 0 Å². The summed E-state index contributed by atoms with van der Waals surface area (Å²) in [7, 11) is 0. The summed E-state index contributed by atoms with van der Waals surface area (Å²) in [4.78, 5) is 11.8. The Labute approximate surface area is 98.2 Å². The third-order valence-electron chi connectivity index (χ3n) is 4.07. The molecule has 2 aliphatic carbocycles. The molecule has 0 bridgehead atoms. The van der Waals surface area contributed by atoms with E-state index in [0.717, 1.165) is 5.92 Å². The molecule has 16 heavy (non-hydrogen) atoms. The van der Waals surface area contributed by atoms with Crippen molar-refractivity contribution in [3.63, 3.8) is 0 Å². The van der Waals surface area contributed by atoms with Crippen molar-refractivity contribution in [3.8, 4) is 0 Å². The lowest BCUT2D eigenvalue weighted by Gasteiger charge is -2.17. The van der Waals surface area contributed by atoms with Crippen molar-refractivity contribution in [3.05, 3.63) is 0 Å². The molecule has 2 fully saturated rings. The second kappa shape index (κ2) is 5.17. The van der Waals surface area contributed by atoms with E-state index in [0.29, 0.717) is 24.8 Å². The minimum atomic E-state index is 0.224. The first-order valence-electron chi connectivity index (χ1n) is 6.68. The van der Waals surface area contributed by atoms with Crippen LogP contribution < -0.4 is 11.1 Å². The van der Waals surface area contributed by atoms with Gasteiger partial charge < -0.3 is 11.1 Å². The Kier molecular flexibility index (Phi) is 3.85. The Balaban J connectivity index is 1.70. The number of hydrogen-bond donors (Lipinski definition) is 2. The van der Waals surface area contributed by atoms with Gasteiger partial charge in [0.05, 0.1) is 0 Å². The molecule has 0 saturated heterocycles. The van der Waals surface area contributed by atoms with Gasteiger partial charge in [0, 0.05) is 19.0 Å². The number of rotatable bonds is 5. The fourth-order valence-corrected chi connectivity index (χ4v) is 2.91. The molecule has 0 spiro atoms. The maximum Gasteiger partial charge on any atom is 0.220 e. The van der Waals surface area contributed by atoms with Gasteiger partial charge in [0.15, 0.2) is 0 Å². The van der Waals surface area contributed by atoms with E-state index in [1.165, 1.54) is 32.1 Å². The van der Waals surface area contributed by atoms with E-state index in [1.54, 1.807) is 0 Å². The first kappa shape index (κ1) is 11.9. The van der Waals surface area contributed by atoms with Gasteiger partial charge in [-0.3, -0.25) is 4.79 Å². The molecule has 0 aromatic heterocycles. The number of hydrogen-bond acceptors (Lipinski definition) is 2. The van der Waals surface area contributed by atoms with Crippen molar-refractivity contribution in [2.75, 3.05) is 6.54 Å². The molecule has 2 rings (SSSR count). The van der Waals surface area contributed by atoms with Crippen LogP contribution in [0.4, 0.5) is 0 Å². The van der Waals surface area contributed by atoms with E-state index >= 15 is 0 Å². The molecule has 0 aromatic rings. The standard InChI is InChI=1S/C13H24N2O/c1-9-2-3-10(6-9)7-13(16)15-12(8-14)11-4-5-11/h9-12H,2-8,14H2,1H3,(H,15,16). The highest BCUT2D eigenvalue weighted by Crippen LogP contribution is 2.34. The van der Waals surface area contributed by atoms with Crippen LogP contribution in [0.3, 0.4) is 0 Å². The van der Waals surface area contributed by atoms with Gasteiger partial charge in [-0.2, -0.15) is 0 Å². The van der Waals surface area contributed by atoms with Crippen molar-refractivity contribution in [2.24, 2.45) is 23.5 Å². The van der Waals surface area contributed by atoms with Crippen molar-refractivity contribution in [1.29, 1.82) is 0 Å². The topological polar surface area (TPSA) is 55.1 Å². The molecule has 0 heterocycles. The summed E-state index contributed by atoms with van der Waals surface area (Å²) >= 11 is 0. The summed E-state index contributed by atoms with van der Waals surface area (Å²) in [5, 5.41) is 3.11. The van der Waals surface area contributed by atoms with Crippen LogP contribution in [0.1, 0.15) is 45.4 Å². The van der Waals surface area contributed by atoms with E-state index in [2.05, 4.69) is 12.2 Å².